The number of nitrogens with zero attached hydrogens (tertiary/aromatic N) is 1. The van der Waals surface area contributed by atoms with E-state index in [1.54, 1.807) is 0 Å². The first-order valence-corrected chi connectivity index (χ1v) is 5.42. The van der Waals surface area contributed by atoms with Crippen LogP contribution in [0.2, 0.25) is 0 Å². The second kappa shape index (κ2) is 3.81. The molecule has 2 fully saturated rings. The van der Waals surface area contributed by atoms with E-state index in [4.69, 9.17) is 10.8 Å². The molecule has 84 valence electrons. The van der Waals surface area contributed by atoms with Crippen LogP contribution in [-0.2, 0) is 9.59 Å². The van der Waals surface area contributed by atoms with Crippen LogP contribution in [0.25, 0.3) is 0 Å². The lowest BCUT2D eigenvalue weighted by atomic mass is 10.1. The van der Waals surface area contributed by atoms with Gasteiger partial charge in [-0.2, -0.15) is 0 Å². The van der Waals surface area contributed by atoms with Gasteiger partial charge in [-0.1, -0.05) is 0 Å². The minimum atomic E-state index is -0.903. The summed E-state index contributed by atoms with van der Waals surface area (Å²) in [5.74, 6) is -1.08. The molecule has 5 nitrogen and oxygen atoms in total. The van der Waals surface area contributed by atoms with Crippen molar-refractivity contribution in [3.05, 3.63) is 0 Å². The zero-order valence-electron chi connectivity index (χ0n) is 8.56. The molecule has 3 N–H and O–H groups in total. The van der Waals surface area contributed by atoms with Crippen LogP contribution in [-0.4, -0.2) is 40.0 Å². The van der Waals surface area contributed by atoms with Gasteiger partial charge in [-0.3, -0.25) is 4.79 Å². The minimum Gasteiger partial charge on any atom is -0.480 e. The number of carboxylic acids is 1. The van der Waals surface area contributed by atoms with Crippen LogP contribution in [0.5, 0.6) is 0 Å². The fourth-order valence-electron chi connectivity index (χ4n) is 2.63. The van der Waals surface area contributed by atoms with E-state index in [0.29, 0.717) is 12.8 Å². The van der Waals surface area contributed by atoms with Gasteiger partial charge in [-0.25, -0.2) is 4.79 Å². The number of hydrogen-bond acceptors (Lipinski definition) is 3. The zero-order chi connectivity index (χ0) is 11.0. The van der Waals surface area contributed by atoms with Gasteiger partial charge in [0.25, 0.3) is 0 Å². The molecule has 0 radical (unpaired) electrons. The summed E-state index contributed by atoms with van der Waals surface area (Å²) >= 11 is 0. The van der Waals surface area contributed by atoms with Crippen LogP contribution < -0.4 is 5.73 Å². The first-order valence-electron chi connectivity index (χ1n) is 5.42. The monoisotopic (exact) mass is 212 g/mol. The fourth-order valence-corrected chi connectivity index (χ4v) is 2.63. The molecule has 0 bridgehead atoms. The van der Waals surface area contributed by atoms with Crippen molar-refractivity contribution >= 4 is 11.9 Å². The van der Waals surface area contributed by atoms with Gasteiger partial charge in [0, 0.05) is 6.04 Å². The quantitative estimate of drug-likeness (QED) is 0.638. The van der Waals surface area contributed by atoms with E-state index < -0.39 is 18.1 Å². The number of carbonyl (C=O) groups excluding carboxylic acids is 1. The zero-order valence-corrected chi connectivity index (χ0v) is 8.56. The highest BCUT2D eigenvalue weighted by molar-refractivity contribution is 5.88. The predicted octanol–water partition coefficient (Wildman–Crippen LogP) is -0.0582. The molecule has 2 heterocycles. The SMILES string of the molecule is N[C@H]1CCC[C@@H]2CC[C@@H](C(=O)O)N2C1=O. The van der Waals surface area contributed by atoms with E-state index in [2.05, 4.69) is 0 Å². The molecule has 3 atom stereocenters. The molecule has 0 unspecified atom stereocenters. The van der Waals surface area contributed by atoms with Gasteiger partial charge >= 0.3 is 5.97 Å². The van der Waals surface area contributed by atoms with Gasteiger partial charge in [0.05, 0.1) is 6.04 Å². The Morgan fingerprint density at radius 2 is 2.07 bits per heavy atom. The van der Waals surface area contributed by atoms with Crippen molar-refractivity contribution in [3.8, 4) is 0 Å². The van der Waals surface area contributed by atoms with Gasteiger partial charge in [0.15, 0.2) is 0 Å². The maximum absolute atomic E-state index is 11.9. The van der Waals surface area contributed by atoms with E-state index in [-0.39, 0.29) is 11.9 Å². The molecule has 0 aromatic rings. The molecular formula is C10H16N2O3. The van der Waals surface area contributed by atoms with Crippen LogP contribution in [0.15, 0.2) is 0 Å². The summed E-state index contributed by atoms with van der Waals surface area (Å²) in [7, 11) is 0. The van der Waals surface area contributed by atoms with E-state index in [9.17, 15) is 9.59 Å². The number of carboxylic acid groups (broad SMARTS) is 1. The number of amides is 1. The van der Waals surface area contributed by atoms with Gasteiger partial charge < -0.3 is 15.7 Å². The van der Waals surface area contributed by atoms with Crippen molar-refractivity contribution in [2.45, 2.75) is 50.2 Å². The lowest BCUT2D eigenvalue weighted by Gasteiger charge is -2.27. The number of hydrogen-bond donors (Lipinski definition) is 2. The normalized spacial score (nSPS) is 36.2. The molecule has 15 heavy (non-hydrogen) atoms. The number of fused-ring (bicyclic) bond motifs is 1. The third kappa shape index (κ3) is 1.71. The Hall–Kier alpha value is -1.10. The molecule has 0 saturated carbocycles. The highest BCUT2D eigenvalue weighted by atomic mass is 16.4. The Kier molecular flexibility index (Phi) is 2.65. The molecule has 5 heteroatoms. The summed E-state index contributed by atoms with van der Waals surface area (Å²) in [6.45, 7) is 0. The predicted molar refractivity (Wildman–Crippen MR) is 53.1 cm³/mol. The Morgan fingerprint density at radius 1 is 1.33 bits per heavy atom. The molecule has 2 rings (SSSR count). The third-order valence-corrected chi connectivity index (χ3v) is 3.41. The molecular weight excluding hydrogens is 196 g/mol. The largest absolute Gasteiger partial charge is 0.480 e. The Morgan fingerprint density at radius 3 is 2.73 bits per heavy atom. The van der Waals surface area contributed by atoms with E-state index in [1.807, 2.05) is 0 Å². The van der Waals surface area contributed by atoms with Crippen LogP contribution in [0, 0.1) is 0 Å². The minimum absolute atomic E-state index is 0.104. The van der Waals surface area contributed by atoms with E-state index in [1.165, 1.54) is 4.90 Å². The van der Waals surface area contributed by atoms with Gasteiger partial charge in [-0.15, -0.1) is 0 Å². The Labute approximate surface area is 88.2 Å². The molecule has 1 amide bonds. The number of aliphatic carboxylic acids is 1. The molecule has 0 aliphatic carbocycles. The summed E-state index contributed by atoms with van der Waals surface area (Å²) in [4.78, 5) is 24.4. The third-order valence-electron chi connectivity index (χ3n) is 3.41. The fraction of sp³-hybridized carbons (Fsp3) is 0.800. The summed E-state index contributed by atoms with van der Waals surface area (Å²) in [5, 5.41) is 9.01. The second-order valence-electron chi connectivity index (χ2n) is 4.37. The van der Waals surface area contributed by atoms with Gasteiger partial charge in [0.2, 0.25) is 5.91 Å². The Bertz CT molecular complexity index is 292. The molecule has 0 spiro atoms. The van der Waals surface area contributed by atoms with Crippen molar-refractivity contribution in [1.82, 2.24) is 4.90 Å². The number of rotatable bonds is 1. The molecule has 2 aliphatic heterocycles. The smallest absolute Gasteiger partial charge is 0.326 e. The van der Waals surface area contributed by atoms with Crippen molar-refractivity contribution in [2.24, 2.45) is 5.73 Å². The standard InChI is InChI=1S/C10H16N2O3/c11-7-3-1-2-6-4-5-8(10(14)15)12(6)9(7)13/h6-8H,1-5,11H2,(H,14,15)/t6-,7+,8+/m1/s1. The summed E-state index contributed by atoms with van der Waals surface area (Å²) in [6, 6.07) is -1.05. The van der Waals surface area contributed by atoms with Crippen molar-refractivity contribution in [3.63, 3.8) is 0 Å². The van der Waals surface area contributed by atoms with Crippen molar-refractivity contribution < 1.29 is 14.7 Å². The number of carbonyl (C=O) groups is 2. The highest BCUT2D eigenvalue weighted by Crippen LogP contribution is 2.31. The van der Waals surface area contributed by atoms with Crippen LogP contribution in [0.4, 0.5) is 0 Å². The molecule has 2 saturated heterocycles. The topological polar surface area (TPSA) is 83.6 Å². The van der Waals surface area contributed by atoms with Crippen LogP contribution in [0.3, 0.4) is 0 Å². The van der Waals surface area contributed by atoms with Crippen molar-refractivity contribution in [2.75, 3.05) is 0 Å². The average molecular weight is 212 g/mol. The first kappa shape index (κ1) is 10.4. The van der Waals surface area contributed by atoms with Crippen LogP contribution >= 0.6 is 0 Å². The second-order valence-corrected chi connectivity index (χ2v) is 4.37. The highest BCUT2D eigenvalue weighted by Gasteiger charge is 2.43. The van der Waals surface area contributed by atoms with Gasteiger partial charge in [0.1, 0.15) is 6.04 Å². The lowest BCUT2D eigenvalue weighted by Crippen LogP contribution is -2.50. The lowest BCUT2D eigenvalue weighted by molar-refractivity contribution is -0.149. The molecule has 0 aromatic carbocycles. The van der Waals surface area contributed by atoms with Crippen molar-refractivity contribution in [1.29, 1.82) is 0 Å². The van der Waals surface area contributed by atoms with Gasteiger partial charge in [-0.05, 0) is 32.1 Å². The average Bonchev–Trinajstić information content (AvgIpc) is 2.55. The summed E-state index contributed by atoms with van der Waals surface area (Å²) in [5.41, 5.74) is 5.71. The summed E-state index contributed by atoms with van der Waals surface area (Å²) in [6.07, 6.45) is 3.86. The Balaban J connectivity index is 2.23. The molecule has 2 aliphatic rings. The first-order chi connectivity index (χ1) is 7.11. The summed E-state index contributed by atoms with van der Waals surface area (Å²) < 4.78 is 0. The maximum atomic E-state index is 11.9. The maximum Gasteiger partial charge on any atom is 0.326 e. The van der Waals surface area contributed by atoms with E-state index in [0.717, 1.165) is 19.3 Å². The van der Waals surface area contributed by atoms with E-state index >= 15 is 0 Å². The number of nitrogens with two attached hydrogens (primary N) is 1. The van der Waals surface area contributed by atoms with Crippen LogP contribution in [0.1, 0.15) is 32.1 Å². The molecule has 0 aromatic heterocycles.